The molecular formula is C34H23Cl2N3O2S. The van der Waals surface area contributed by atoms with E-state index in [1.807, 2.05) is 77.2 Å². The molecule has 0 aliphatic rings. The number of ketones is 1. The highest BCUT2D eigenvalue weighted by atomic mass is 35.5. The van der Waals surface area contributed by atoms with Crippen LogP contribution in [0.25, 0.3) is 43.2 Å². The molecule has 0 saturated carbocycles. The van der Waals surface area contributed by atoms with E-state index in [0.29, 0.717) is 39.0 Å². The van der Waals surface area contributed by atoms with Crippen molar-refractivity contribution in [2.75, 3.05) is 0 Å². The molecule has 0 radical (unpaired) electrons. The summed E-state index contributed by atoms with van der Waals surface area (Å²) in [6.07, 6.45) is 0. The lowest BCUT2D eigenvalue weighted by Crippen LogP contribution is -2.25. The molecule has 0 bridgehead atoms. The first kappa shape index (κ1) is 26.7. The van der Waals surface area contributed by atoms with Gasteiger partial charge in [-0.1, -0.05) is 96.9 Å². The number of para-hydroxylation sites is 1. The van der Waals surface area contributed by atoms with Crippen molar-refractivity contribution < 1.29 is 14.3 Å². The molecule has 3 heterocycles. The Labute approximate surface area is 255 Å². The van der Waals surface area contributed by atoms with Crippen molar-refractivity contribution in [2.24, 2.45) is 0 Å². The number of rotatable bonds is 5. The van der Waals surface area contributed by atoms with Crippen LogP contribution in [0.5, 0.6) is 5.88 Å². The number of benzene rings is 4. The molecular weight excluding hydrogens is 585 g/mol. The lowest BCUT2D eigenvalue weighted by molar-refractivity contribution is -0.467. The molecule has 8 heteroatoms. The Kier molecular flexibility index (Phi) is 6.50. The molecule has 0 amide bonds. The van der Waals surface area contributed by atoms with Crippen LogP contribution in [0.1, 0.15) is 41.3 Å². The number of hydrogen-bond acceptors (Lipinski definition) is 4. The van der Waals surface area contributed by atoms with Crippen LogP contribution in [0.15, 0.2) is 97.1 Å². The van der Waals surface area contributed by atoms with E-state index in [1.54, 1.807) is 24.3 Å². The van der Waals surface area contributed by atoms with Crippen molar-refractivity contribution >= 4 is 66.4 Å². The molecule has 42 heavy (non-hydrogen) atoms. The molecule has 0 unspecified atom stereocenters. The Morgan fingerprint density at radius 2 is 1.55 bits per heavy atom. The van der Waals surface area contributed by atoms with Crippen molar-refractivity contribution in [3.8, 4) is 23.0 Å². The molecule has 0 fully saturated rings. The van der Waals surface area contributed by atoms with E-state index in [2.05, 4.69) is 13.8 Å². The number of thiazole rings is 1. The summed E-state index contributed by atoms with van der Waals surface area (Å²) in [5.74, 6) is 0.00841. The quantitative estimate of drug-likeness (QED) is 0.146. The maximum Gasteiger partial charge on any atom is 0.340 e. The number of hydrogen-bond donors (Lipinski definition) is 0. The van der Waals surface area contributed by atoms with Gasteiger partial charge in [-0.05, 0) is 70.9 Å². The fraction of sp³-hybridized carbons (Fsp3) is 0.0882. The zero-order valence-electron chi connectivity index (χ0n) is 22.6. The minimum atomic E-state index is -0.449. The van der Waals surface area contributed by atoms with Crippen molar-refractivity contribution in [1.29, 1.82) is 0 Å². The Morgan fingerprint density at radius 1 is 0.881 bits per heavy atom. The average Bonchev–Trinajstić information content (AvgIpc) is 3.52. The third-order valence-corrected chi connectivity index (χ3v) is 9.34. The van der Waals surface area contributed by atoms with Gasteiger partial charge in [0.05, 0.1) is 25.9 Å². The molecule has 7 rings (SSSR count). The molecule has 0 saturated heterocycles. The SMILES string of the molecule is CC(C)c1ccc(-n2c([O-])c(C(=O)c3ccccc3Cl)c3c2nc(-c2ccccc2Cl)[n+]2c4ccccc4sc32)cc1. The Bertz CT molecular complexity index is 2180. The zero-order chi connectivity index (χ0) is 29.1. The number of aromatic nitrogens is 3. The molecule has 7 aromatic rings. The second-order valence-corrected chi connectivity index (χ2v) is 12.2. The van der Waals surface area contributed by atoms with Crippen LogP contribution in [0.3, 0.4) is 0 Å². The van der Waals surface area contributed by atoms with E-state index < -0.39 is 11.7 Å². The highest BCUT2D eigenvalue weighted by Crippen LogP contribution is 2.40. The summed E-state index contributed by atoms with van der Waals surface area (Å²) in [5.41, 5.74) is 4.06. The molecule has 4 aromatic carbocycles. The third-order valence-electron chi connectivity index (χ3n) is 7.53. The van der Waals surface area contributed by atoms with Gasteiger partial charge >= 0.3 is 5.82 Å². The first-order valence-corrected chi connectivity index (χ1v) is 15.1. The summed E-state index contributed by atoms with van der Waals surface area (Å²) >= 11 is 14.7. The number of carbonyl (C=O) groups excluding carboxylic acids is 1. The van der Waals surface area contributed by atoms with Gasteiger partial charge < -0.3 is 5.11 Å². The van der Waals surface area contributed by atoms with Crippen molar-refractivity contribution in [3.05, 3.63) is 124 Å². The summed E-state index contributed by atoms with van der Waals surface area (Å²) in [6, 6.07) is 30.1. The first-order valence-electron chi connectivity index (χ1n) is 13.5. The lowest BCUT2D eigenvalue weighted by atomic mass is 10.0. The predicted octanol–water partition coefficient (Wildman–Crippen LogP) is 8.38. The minimum absolute atomic E-state index is 0.0355. The standard InChI is InChI=1S/C34H23Cl2N3O2S/c1-19(2)20-15-17-21(18-16-20)38-32-29(28(33(38)41)30(40)22-9-3-5-11-24(22)35)34-39(26-13-7-8-14-27(26)42-34)31(37-32)23-10-4-6-12-25(23)36/h3-19H,1-2H3. The second kappa shape index (κ2) is 10.2. The monoisotopic (exact) mass is 607 g/mol. The van der Waals surface area contributed by atoms with Crippen LogP contribution in [0, 0.1) is 0 Å². The van der Waals surface area contributed by atoms with Gasteiger partial charge in [0, 0.05) is 11.3 Å². The van der Waals surface area contributed by atoms with E-state index in [0.717, 1.165) is 20.6 Å². The second-order valence-electron chi connectivity index (χ2n) is 10.4. The number of fused-ring (bicyclic) bond motifs is 5. The maximum atomic E-state index is 14.4. The van der Waals surface area contributed by atoms with Crippen LogP contribution in [-0.2, 0) is 0 Å². The summed E-state index contributed by atoms with van der Waals surface area (Å²) in [6.45, 7) is 4.23. The maximum absolute atomic E-state index is 14.4. The van der Waals surface area contributed by atoms with Crippen LogP contribution in [0.4, 0.5) is 0 Å². The summed E-state index contributed by atoms with van der Waals surface area (Å²) in [7, 11) is 0. The average molecular weight is 609 g/mol. The zero-order valence-corrected chi connectivity index (χ0v) is 25.0. The predicted molar refractivity (Wildman–Crippen MR) is 168 cm³/mol. The summed E-state index contributed by atoms with van der Waals surface area (Å²) < 4.78 is 4.52. The Balaban J connectivity index is 1.67. The third kappa shape index (κ3) is 4.09. The van der Waals surface area contributed by atoms with Crippen molar-refractivity contribution in [3.63, 3.8) is 0 Å². The van der Waals surface area contributed by atoms with Crippen molar-refractivity contribution in [2.45, 2.75) is 19.8 Å². The van der Waals surface area contributed by atoms with Crippen LogP contribution < -0.4 is 9.51 Å². The number of halogens is 2. The van der Waals surface area contributed by atoms with Gasteiger partial charge in [-0.2, -0.15) is 4.40 Å². The number of carbonyl (C=O) groups is 1. The van der Waals surface area contributed by atoms with Gasteiger partial charge in [-0.3, -0.25) is 9.36 Å². The van der Waals surface area contributed by atoms with E-state index >= 15 is 0 Å². The summed E-state index contributed by atoms with van der Waals surface area (Å²) in [4.78, 5) is 20.1. The van der Waals surface area contributed by atoms with Gasteiger partial charge in [-0.15, -0.1) is 0 Å². The highest BCUT2D eigenvalue weighted by molar-refractivity contribution is 7.24. The van der Waals surface area contributed by atoms with E-state index in [4.69, 9.17) is 28.2 Å². The van der Waals surface area contributed by atoms with E-state index in [9.17, 15) is 9.90 Å². The minimum Gasteiger partial charge on any atom is -0.859 e. The molecule has 206 valence electrons. The molecule has 0 atom stereocenters. The largest absolute Gasteiger partial charge is 0.859 e. The van der Waals surface area contributed by atoms with E-state index in [1.165, 1.54) is 15.9 Å². The topological polar surface area (TPSA) is 62.1 Å². The Morgan fingerprint density at radius 3 is 2.26 bits per heavy atom. The van der Waals surface area contributed by atoms with Crippen molar-refractivity contribution in [1.82, 2.24) is 9.55 Å². The van der Waals surface area contributed by atoms with Crippen LogP contribution >= 0.6 is 34.5 Å². The van der Waals surface area contributed by atoms with Gasteiger partial charge in [0.1, 0.15) is 5.39 Å². The first-order chi connectivity index (χ1) is 20.3. The van der Waals surface area contributed by atoms with Crippen LogP contribution in [0.2, 0.25) is 10.0 Å². The summed E-state index contributed by atoms with van der Waals surface area (Å²) in [5, 5.41) is 15.7. The lowest BCUT2D eigenvalue weighted by Gasteiger charge is -2.15. The molecule has 0 N–H and O–H groups in total. The van der Waals surface area contributed by atoms with Gasteiger partial charge in [-0.25, -0.2) is 0 Å². The van der Waals surface area contributed by atoms with Gasteiger partial charge in [0.15, 0.2) is 11.3 Å². The fourth-order valence-electron chi connectivity index (χ4n) is 5.42. The number of nitrogens with zero attached hydrogens (tertiary/aromatic N) is 3. The molecule has 0 aliphatic heterocycles. The van der Waals surface area contributed by atoms with E-state index in [-0.39, 0.29) is 16.1 Å². The van der Waals surface area contributed by atoms with Gasteiger partial charge in [0.25, 0.3) is 5.65 Å². The molecule has 5 nitrogen and oxygen atoms in total. The molecule has 0 spiro atoms. The van der Waals surface area contributed by atoms with Crippen LogP contribution in [-0.4, -0.2) is 15.3 Å². The smallest absolute Gasteiger partial charge is 0.340 e. The highest BCUT2D eigenvalue weighted by Gasteiger charge is 2.33. The molecule has 3 aromatic heterocycles. The van der Waals surface area contributed by atoms with Gasteiger partial charge in [0.2, 0.25) is 4.83 Å². The fourth-order valence-corrected chi connectivity index (χ4v) is 7.05. The Hall–Kier alpha value is -4.23. The normalized spacial score (nSPS) is 11.7. The molecule has 0 aliphatic carbocycles.